The van der Waals surface area contributed by atoms with Gasteiger partial charge in [-0.1, -0.05) is 49.7 Å². The minimum absolute atomic E-state index is 0.364. The third-order valence-corrected chi connectivity index (χ3v) is 3.47. The highest BCUT2D eigenvalue weighted by Crippen LogP contribution is 2.22. The van der Waals surface area contributed by atoms with Gasteiger partial charge in [0.1, 0.15) is 6.04 Å². The molecule has 2 aromatic carbocycles. The van der Waals surface area contributed by atoms with Gasteiger partial charge in [-0.2, -0.15) is 5.26 Å². The van der Waals surface area contributed by atoms with Crippen LogP contribution < -0.4 is 5.32 Å². The van der Waals surface area contributed by atoms with Crippen molar-refractivity contribution in [2.24, 2.45) is 0 Å². The van der Waals surface area contributed by atoms with Crippen molar-refractivity contribution < 1.29 is 0 Å². The normalized spacial score (nSPS) is 11.9. The molecule has 0 spiro atoms. The Balaban J connectivity index is 2.16. The standard InChI is InChI=1S/C17H17ClN2/c1-12(2)13-3-5-14(6-4-13)17(11-19)20-16-9-7-15(18)8-10-16/h3-10,12,17,20H,1-2H3. The molecule has 0 amide bonds. The van der Waals surface area contributed by atoms with Gasteiger partial charge in [-0.05, 0) is 41.3 Å². The Kier molecular flexibility index (Phi) is 4.65. The molecule has 1 atom stereocenters. The summed E-state index contributed by atoms with van der Waals surface area (Å²) in [5.41, 5.74) is 3.12. The van der Waals surface area contributed by atoms with Crippen LogP contribution in [0, 0.1) is 11.3 Å². The molecule has 3 heteroatoms. The van der Waals surface area contributed by atoms with Crippen LogP contribution in [0.15, 0.2) is 48.5 Å². The van der Waals surface area contributed by atoms with Gasteiger partial charge >= 0.3 is 0 Å². The molecule has 2 rings (SSSR count). The van der Waals surface area contributed by atoms with Gasteiger partial charge in [0.15, 0.2) is 0 Å². The minimum atomic E-state index is -0.364. The summed E-state index contributed by atoms with van der Waals surface area (Å²) in [5, 5.41) is 13.2. The molecule has 2 aromatic rings. The van der Waals surface area contributed by atoms with E-state index in [1.165, 1.54) is 5.56 Å². The molecule has 0 heterocycles. The number of hydrogen-bond acceptors (Lipinski definition) is 2. The molecule has 0 bridgehead atoms. The molecule has 20 heavy (non-hydrogen) atoms. The monoisotopic (exact) mass is 284 g/mol. The maximum Gasteiger partial charge on any atom is 0.140 e. The largest absolute Gasteiger partial charge is 0.366 e. The first kappa shape index (κ1) is 14.4. The molecule has 0 aliphatic heterocycles. The zero-order valence-corrected chi connectivity index (χ0v) is 12.4. The zero-order chi connectivity index (χ0) is 14.5. The predicted octanol–water partition coefficient (Wildman–Crippen LogP) is 5.14. The van der Waals surface area contributed by atoms with Gasteiger partial charge in [0.25, 0.3) is 0 Å². The maximum absolute atomic E-state index is 9.34. The first-order valence-corrected chi connectivity index (χ1v) is 6.99. The van der Waals surface area contributed by atoms with Crippen LogP contribution in [0.5, 0.6) is 0 Å². The van der Waals surface area contributed by atoms with Crippen molar-refractivity contribution in [1.82, 2.24) is 0 Å². The fraction of sp³-hybridized carbons (Fsp3) is 0.235. The first-order chi connectivity index (χ1) is 9.60. The average Bonchev–Trinajstić information content (AvgIpc) is 2.47. The number of anilines is 1. The van der Waals surface area contributed by atoms with Gasteiger partial charge in [-0.25, -0.2) is 0 Å². The Labute approximate surface area is 125 Å². The fourth-order valence-corrected chi connectivity index (χ4v) is 2.10. The lowest BCUT2D eigenvalue weighted by molar-refractivity contribution is 0.863. The molecule has 0 aliphatic rings. The van der Waals surface area contributed by atoms with E-state index in [1.807, 2.05) is 24.3 Å². The number of hydrogen-bond donors (Lipinski definition) is 1. The van der Waals surface area contributed by atoms with E-state index in [9.17, 15) is 5.26 Å². The first-order valence-electron chi connectivity index (χ1n) is 6.61. The van der Waals surface area contributed by atoms with Crippen molar-refractivity contribution in [1.29, 1.82) is 5.26 Å². The van der Waals surface area contributed by atoms with Crippen LogP contribution >= 0.6 is 11.6 Å². The lowest BCUT2D eigenvalue weighted by Crippen LogP contribution is -2.08. The third kappa shape index (κ3) is 3.53. The van der Waals surface area contributed by atoms with Gasteiger partial charge in [0.2, 0.25) is 0 Å². The Bertz CT molecular complexity index is 594. The van der Waals surface area contributed by atoms with Crippen LogP contribution in [-0.2, 0) is 0 Å². The van der Waals surface area contributed by atoms with Crippen LogP contribution in [0.4, 0.5) is 5.69 Å². The summed E-state index contributed by atoms with van der Waals surface area (Å²) in [5.74, 6) is 0.494. The molecule has 0 saturated carbocycles. The topological polar surface area (TPSA) is 35.8 Å². The van der Waals surface area contributed by atoms with Crippen molar-refractivity contribution in [3.05, 3.63) is 64.7 Å². The summed E-state index contributed by atoms with van der Waals surface area (Å²) < 4.78 is 0. The lowest BCUT2D eigenvalue weighted by Gasteiger charge is -2.14. The lowest BCUT2D eigenvalue weighted by atomic mass is 9.99. The molecule has 0 aromatic heterocycles. The molecule has 0 fully saturated rings. The fourth-order valence-electron chi connectivity index (χ4n) is 1.98. The van der Waals surface area contributed by atoms with Crippen LogP contribution in [0.3, 0.4) is 0 Å². The zero-order valence-electron chi connectivity index (χ0n) is 11.6. The quantitative estimate of drug-likeness (QED) is 0.844. The highest BCUT2D eigenvalue weighted by Gasteiger charge is 2.10. The summed E-state index contributed by atoms with van der Waals surface area (Å²) >= 11 is 5.85. The molecule has 0 aliphatic carbocycles. The van der Waals surface area contributed by atoms with Gasteiger partial charge in [-0.3, -0.25) is 0 Å². The van der Waals surface area contributed by atoms with Crippen molar-refractivity contribution in [2.45, 2.75) is 25.8 Å². The van der Waals surface area contributed by atoms with Crippen LogP contribution in [-0.4, -0.2) is 0 Å². The SMILES string of the molecule is CC(C)c1ccc(C(C#N)Nc2ccc(Cl)cc2)cc1. The van der Waals surface area contributed by atoms with Crippen LogP contribution in [0.1, 0.15) is 36.9 Å². The Morgan fingerprint density at radius 3 is 2.00 bits per heavy atom. The average molecular weight is 285 g/mol. The second kappa shape index (κ2) is 6.45. The van der Waals surface area contributed by atoms with E-state index in [-0.39, 0.29) is 6.04 Å². The summed E-state index contributed by atoms with van der Waals surface area (Å²) in [4.78, 5) is 0. The molecule has 102 valence electrons. The molecule has 0 radical (unpaired) electrons. The van der Waals surface area contributed by atoms with E-state index in [1.54, 1.807) is 12.1 Å². The van der Waals surface area contributed by atoms with E-state index in [4.69, 9.17) is 11.6 Å². The molecule has 2 nitrogen and oxygen atoms in total. The Morgan fingerprint density at radius 2 is 1.50 bits per heavy atom. The minimum Gasteiger partial charge on any atom is -0.366 e. The number of halogens is 1. The van der Waals surface area contributed by atoms with Gasteiger partial charge in [0.05, 0.1) is 6.07 Å². The number of nitriles is 1. The number of nitrogens with one attached hydrogen (secondary N) is 1. The van der Waals surface area contributed by atoms with E-state index in [2.05, 4.69) is 37.4 Å². The summed E-state index contributed by atoms with van der Waals surface area (Å²) in [6.07, 6.45) is 0. The number of nitrogens with zero attached hydrogens (tertiary/aromatic N) is 1. The Morgan fingerprint density at radius 1 is 0.950 bits per heavy atom. The van der Waals surface area contributed by atoms with Crippen LogP contribution in [0.2, 0.25) is 5.02 Å². The van der Waals surface area contributed by atoms with Crippen molar-refractivity contribution in [2.75, 3.05) is 5.32 Å². The second-order valence-corrected chi connectivity index (χ2v) is 5.47. The summed E-state index contributed by atoms with van der Waals surface area (Å²) in [6.45, 7) is 4.31. The van der Waals surface area contributed by atoms with E-state index in [0.29, 0.717) is 10.9 Å². The van der Waals surface area contributed by atoms with Crippen molar-refractivity contribution >= 4 is 17.3 Å². The number of benzene rings is 2. The van der Waals surface area contributed by atoms with E-state index in [0.717, 1.165) is 11.3 Å². The van der Waals surface area contributed by atoms with Crippen molar-refractivity contribution in [3.63, 3.8) is 0 Å². The number of rotatable bonds is 4. The molecule has 0 saturated heterocycles. The van der Waals surface area contributed by atoms with E-state index >= 15 is 0 Å². The molecule has 1 unspecified atom stereocenters. The third-order valence-electron chi connectivity index (χ3n) is 3.22. The molecular formula is C17H17ClN2. The molecular weight excluding hydrogens is 268 g/mol. The Hall–Kier alpha value is -1.98. The summed E-state index contributed by atoms with van der Waals surface area (Å²) in [6, 6.07) is 17.4. The molecule has 1 N–H and O–H groups in total. The van der Waals surface area contributed by atoms with Gasteiger partial charge < -0.3 is 5.32 Å². The predicted molar refractivity (Wildman–Crippen MR) is 84.0 cm³/mol. The van der Waals surface area contributed by atoms with Crippen molar-refractivity contribution in [3.8, 4) is 6.07 Å². The van der Waals surface area contributed by atoms with E-state index < -0.39 is 0 Å². The van der Waals surface area contributed by atoms with Gasteiger partial charge in [-0.15, -0.1) is 0 Å². The smallest absolute Gasteiger partial charge is 0.140 e. The highest BCUT2D eigenvalue weighted by atomic mass is 35.5. The highest BCUT2D eigenvalue weighted by molar-refractivity contribution is 6.30. The second-order valence-electron chi connectivity index (χ2n) is 5.03. The van der Waals surface area contributed by atoms with Crippen LogP contribution in [0.25, 0.3) is 0 Å². The van der Waals surface area contributed by atoms with Gasteiger partial charge in [0, 0.05) is 10.7 Å². The maximum atomic E-state index is 9.34. The summed E-state index contributed by atoms with van der Waals surface area (Å²) in [7, 11) is 0.